The summed E-state index contributed by atoms with van der Waals surface area (Å²) in [5.74, 6) is 0.722. The number of amides is 1. The molecule has 0 saturated heterocycles. The van der Waals surface area contributed by atoms with Crippen LogP contribution in [0.4, 0.5) is 0 Å². The molecule has 130 valence electrons. The van der Waals surface area contributed by atoms with Crippen molar-refractivity contribution in [2.45, 2.75) is 51.2 Å². The molecule has 24 heavy (non-hydrogen) atoms. The molecule has 0 unspecified atom stereocenters. The molecule has 7 heteroatoms. The van der Waals surface area contributed by atoms with E-state index in [1.54, 1.807) is 23.1 Å². The van der Waals surface area contributed by atoms with Gasteiger partial charge in [-0.25, -0.2) is 9.67 Å². The topological polar surface area (TPSA) is 59.8 Å². The Labute approximate surface area is 151 Å². The molecule has 0 aliphatic heterocycles. The van der Waals surface area contributed by atoms with Crippen LogP contribution in [-0.2, 0) is 11.2 Å². The molecule has 1 aliphatic carbocycles. The molecule has 0 bridgehead atoms. The van der Waals surface area contributed by atoms with Gasteiger partial charge in [-0.1, -0.05) is 12.8 Å². The predicted octanol–water partition coefficient (Wildman–Crippen LogP) is 3.28. The second-order valence-corrected chi connectivity index (χ2v) is 8.40. The molecular weight excluding hydrogens is 340 g/mol. The smallest absolute Gasteiger partial charge is 0.230 e. The highest BCUT2D eigenvalue weighted by molar-refractivity contribution is 8.00. The number of nitrogens with zero attached hydrogens (tertiary/aromatic N) is 3. The minimum absolute atomic E-state index is 0.140. The first-order valence-corrected chi connectivity index (χ1v) is 10.4. The maximum atomic E-state index is 11.9. The lowest BCUT2D eigenvalue weighted by Crippen LogP contribution is -2.28. The van der Waals surface area contributed by atoms with Gasteiger partial charge in [-0.3, -0.25) is 4.79 Å². The van der Waals surface area contributed by atoms with Crippen LogP contribution in [0.5, 0.6) is 0 Å². The normalized spacial score (nSPS) is 15.1. The Morgan fingerprint density at radius 1 is 1.42 bits per heavy atom. The van der Waals surface area contributed by atoms with Gasteiger partial charge in [-0.05, 0) is 32.8 Å². The van der Waals surface area contributed by atoms with E-state index in [0.717, 1.165) is 28.6 Å². The van der Waals surface area contributed by atoms with E-state index in [1.165, 1.54) is 25.7 Å². The van der Waals surface area contributed by atoms with Crippen LogP contribution in [0.25, 0.3) is 5.13 Å². The zero-order valence-electron chi connectivity index (χ0n) is 14.2. The van der Waals surface area contributed by atoms with Crippen LogP contribution in [0.3, 0.4) is 0 Å². The van der Waals surface area contributed by atoms with E-state index in [4.69, 9.17) is 0 Å². The first kappa shape index (κ1) is 17.5. The molecule has 1 amide bonds. The van der Waals surface area contributed by atoms with Crippen molar-refractivity contribution >= 4 is 29.0 Å². The Morgan fingerprint density at radius 3 is 2.92 bits per heavy atom. The van der Waals surface area contributed by atoms with Crippen molar-refractivity contribution in [3.8, 4) is 5.13 Å². The number of aromatic nitrogens is 3. The maximum Gasteiger partial charge on any atom is 0.230 e. The highest BCUT2D eigenvalue weighted by Crippen LogP contribution is 2.29. The van der Waals surface area contributed by atoms with Gasteiger partial charge >= 0.3 is 0 Å². The summed E-state index contributed by atoms with van der Waals surface area (Å²) in [7, 11) is 0. The van der Waals surface area contributed by atoms with Crippen molar-refractivity contribution < 1.29 is 4.79 Å². The molecule has 1 saturated carbocycles. The highest BCUT2D eigenvalue weighted by Gasteiger charge is 2.16. The van der Waals surface area contributed by atoms with Gasteiger partial charge in [0.25, 0.3) is 0 Å². The molecule has 1 fully saturated rings. The highest BCUT2D eigenvalue weighted by atomic mass is 32.2. The zero-order valence-corrected chi connectivity index (χ0v) is 15.9. The molecule has 3 rings (SSSR count). The van der Waals surface area contributed by atoms with E-state index in [0.29, 0.717) is 17.5 Å². The fraction of sp³-hybridized carbons (Fsp3) is 0.588. The molecule has 2 aromatic rings. The van der Waals surface area contributed by atoms with Crippen molar-refractivity contribution in [1.29, 1.82) is 0 Å². The Kier molecular flexibility index (Phi) is 5.94. The van der Waals surface area contributed by atoms with E-state index < -0.39 is 0 Å². The molecule has 1 aliphatic rings. The van der Waals surface area contributed by atoms with Crippen molar-refractivity contribution in [3.63, 3.8) is 0 Å². The van der Waals surface area contributed by atoms with Crippen LogP contribution in [0.2, 0.25) is 0 Å². The van der Waals surface area contributed by atoms with Gasteiger partial charge in [-0.15, -0.1) is 23.1 Å². The largest absolute Gasteiger partial charge is 0.355 e. The minimum Gasteiger partial charge on any atom is -0.355 e. The van der Waals surface area contributed by atoms with Crippen LogP contribution in [0.1, 0.15) is 42.8 Å². The fourth-order valence-corrected chi connectivity index (χ4v) is 4.98. The molecule has 2 heterocycles. The fourth-order valence-electron chi connectivity index (χ4n) is 2.96. The zero-order chi connectivity index (χ0) is 16.9. The third kappa shape index (κ3) is 4.60. The predicted molar refractivity (Wildman–Crippen MR) is 100 cm³/mol. The molecule has 1 N–H and O–H groups in total. The van der Waals surface area contributed by atoms with Crippen LogP contribution in [0.15, 0.2) is 11.4 Å². The van der Waals surface area contributed by atoms with E-state index in [1.807, 2.05) is 30.0 Å². The lowest BCUT2D eigenvalue weighted by atomic mass is 10.3. The average Bonchev–Trinajstić information content (AvgIpc) is 3.27. The minimum atomic E-state index is 0.140. The van der Waals surface area contributed by atoms with E-state index in [9.17, 15) is 4.79 Å². The Morgan fingerprint density at radius 2 is 2.21 bits per heavy atom. The van der Waals surface area contributed by atoms with Crippen LogP contribution in [0, 0.1) is 13.8 Å². The number of carbonyl (C=O) groups is 1. The van der Waals surface area contributed by atoms with Gasteiger partial charge in [-0.2, -0.15) is 5.10 Å². The molecule has 0 aromatic carbocycles. The number of nitrogens with one attached hydrogen (secondary N) is 1. The van der Waals surface area contributed by atoms with Crippen molar-refractivity contribution in [2.75, 3.05) is 12.3 Å². The van der Waals surface area contributed by atoms with Gasteiger partial charge in [0.1, 0.15) is 0 Å². The van der Waals surface area contributed by atoms with Gasteiger partial charge in [0.05, 0.1) is 17.1 Å². The van der Waals surface area contributed by atoms with Crippen LogP contribution >= 0.6 is 23.1 Å². The van der Waals surface area contributed by atoms with E-state index in [2.05, 4.69) is 15.4 Å². The molecule has 2 aromatic heterocycles. The summed E-state index contributed by atoms with van der Waals surface area (Å²) < 4.78 is 1.88. The molecular formula is C17H24N4OS2. The first-order valence-electron chi connectivity index (χ1n) is 8.48. The number of rotatable bonds is 7. The standard InChI is InChI=1S/C17H24N4OS2/c1-12-9-13(2)21(20-12)17-19-14(10-24-17)7-8-18-16(22)11-23-15-5-3-4-6-15/h9-10,15H,3-8,11H2,1-2H3,(H,18,22). The molecule has 0 spiro atoms. The Balaban J connectivity index is 1.42. The van der Waals surface area contributed by atoms with Crippen molar-refractivity contribution in [2.24, 2.45) is 0 Å². The number of carbonyl (C=O) groups excluding carboxylic acids is 1. The first-order chi connectivity index (χ1) is 11.6. The second kappa shape index (κ2) is 8.16. The van der Waals surface area contributed by atoms with E-state index in [-0.39, 0.29) is 5.91 Å². The molecule has 5 nitrogen and oxygen atoms in total. The Hall–Kier alpha value is -1.34. The van der Waals surface area contributed by atoms with Crippen LogP contribution in [-0.4, -0.2) is 38.2 Å². The Bertz CT molecular complexity index is 689. The lowest BCUT2D eigenvalue weighted by molar-refractivity contribution is -0.118. The third-order valence-electron chi connectivity index (χ3n) is 4.19. The van der Waals surface area contributed by atoms with Crippen LogP contribution < -0.4 is 5.32 Å². The summed E-state index contributed by atoms with van der Waals surface area (Å²) >= 11 is 3.40. The van der Waals surface area contributed by atoms with Crippen molar-refractivity contribution in [3.05, 3.63) is 28.5 Å². The summed E-state index contributed by atoms with van der Waals surface area (Å²) in [4.78, 5) is 16.5. The summed E-state index contributed by atoms with van der Waals surface area (Å²) in [5.41, 5.74) is 3.09. The number of aryl methyl sites for hydroxylation is 2. The van der Waals surface area contributed by atoms with Gasteiger partial charge in [0, 0.05) is 29.3 Å². The third-order valence-corrected chi connectivity index (χ3v) is 6.42. The molecule has 0 atom stereocenters. The summed E-state index contributed by atoms with van der Waals surface area (Å²) in [6.45, 7) is 4.66. The number of thioether (sulfide) groups is 1. The van der Waals surface area contributed by atoms with Gasteiger partial charge < -0.3 is 5.32 Å². The van der Waals surface area contributed by atoms with Crippen molar-refractivity contribution in [1.82, 2.24) is 20.1 Å². The summed E-state index contributed by atoms with van der Waals surface area (Å²) in [5, 5.41) is 11.1. The molecule has 0 radical (unpaired) electrons. The summed E-state index contributed by atoms with van der Waals surface area (Å²) in [6.07, 6.45) is 5.94. The summed E-state index contributed by atoms with van der Waals surface area (Å²) in [6, 6.07) is 2.04. The monoisotopic (exact) mass is 364 g/mol. The van der Waals surface area contributed by atoms with Gasteiger partial charge in [0.15, 0.2) is 0 Å². The maximum absolute atomic E-state index is 11.9. The number of hydrogen-bond donors (Lipinski definition) is 1. The van der Waals surface area contributed by atoms with E-state index >= 15 is 0 Å². The van der Waals surface area contributed by atoms with Gasteiger partial charge in [0.2, 0.25) is 11.0 Å². The lowest BCUT2D eigenvalue weighted by Gasteiger charge is -2.08. The average molecular weight is 365 g/mol. The quantitative estimate of drug-likeness (QED) is 0.819. The second-order valence-electron chi connectivity index (χ2n) is 6.28. The SMILES string of the molecule is Cc1cc(C)n(-c2nc(CCNC(=O)CSC3CCCC3)cs2)n1. The number of hydrogen-bond acceptors (Lipinski definition) is 5. The number of thiazole rings is 1.